The average Bonchev–Trinajstić information content (AvgIpc) is 2.51. The Morgan fingerprint density at radius 3 is 2.25 bits per heavy atom. The quantitative estimate of drug-likeness (QED) is 0.821. The molecule has 0 saturated carbocycles. The molecule has 0 heterocycles. The van der Waals surface area contributed by atoms with E-state index in [0.717, 1.165) is 41.0 Å². The molecule has 0 spiro atoms. The maximum absolute atomic E-state index is 12.2. The summed E-state index contributed by atoms with van der Waals surface area (Å²) in [5.74, 6) is 0.983. The predicted molar refractivity (Wildman–Crippen MR) is 100.0 cm³/mol. The summed E-state index contributed by atoms with van der Waals surface area (Å²) >= 11 is 0. The van der Waals surface area contributed by atoms with Crippen molar-refractivity contribution in [1.82, 2.24) is 0 Å². The van der Waals surface area contributed by atoms with E-state index >= 15 is 0 Å². The van der Waals surface area contributed by atoms with Crippen LogP contribution in [0.3, 0.4) is 0 Å². The number of rotatable bonds is 6. The lowest BCUT2D eigenvalue weighted by molar-refractivity contribution is -0.116. The van der Waals surface area contributed by atoms with Crippen LogP contribution in [-0.2, 0) is 11.2 Å². The SMILES string of the molecule is COc1ccc(CCCC(=O)Nc2c(C)cc(C)cc2C)cc1C. The Morgan fingerprint density at radius 2 is 1.67 bits per heavy atom. The lowest BCUT2D eigenvalue weighted by Gasteiger charge is -2.13. The fourth-order valence-electron chi connectivity index (χ4n) is 3.13. The van der Waals surface area contributed by atoms with Crippen LogP contribution >= 0.6 is 0 Å². The summed E-state index contributed by atoms with van der Waals surface area (Å²) in [5, 5.41) is 3.06. The maximum atomic E-state index is 12.2. The molecule has 2 rings (SSSR count). The van der Waals surface area contributed by atoms with E-state index in [9.17, 15) is 4.79 Å². The molecule has 0 radical (unpaired) electrons. The van der Waals surface area contributed by atoms with Crippen LogP contribution in [0.2, 0.25) is 0 Å². The highest BCUT2D eigenvalue weighted by Crippen LogP contribution is 2.23. The van der Waals surface area contributed by atoms with Crippen molar-refractivity contribution in [3.8, 4) is 5.75 Å². The largest absolute Gasteiger partial charge is 0.496 e. The fourth-order valence-corrected chi connectivity index (χ4v) is 3.13. The number of amides is 1. The van der Waals surface area contributed by atoms with Gasteiger partial charge in [0.2, 0.25) is 5.91 Å². The van der Waals surface area contributed by atoms with Crippen molar-refractivity contribution in [2.75, 3.05) is 12.4 Å². The minimum absolute atomic E-state index is 0.0790. The molecule has 3 nitrogen and oxygen atoms in total. The molecule has 128 valence electrons. The first-order valence-corrected chi connectivity index (χ1v) is 8.42. The van der Waals surface area contributed by atoms with Crippen molar-refractivity contribution in [3.63, 3.8) is 0 Å². The standard InChI is InChI=1S/C21H27NO2/c1-14-11-16(3)21(17(4)12-14)22-20(23)8-6-7-18-9-10-19(24-5)15(2)13-18/h9-13H,6-8H2,1-5H3,(H,22,23). The molecule has 0 unspecified atom stereocenters. The third-order valence-electron chi connectivity index (χ3n) is 4.27. The smallest absolute Gasteiger partial charge is 0.224 e. The number of carbonyl (C=O) groups excluding carboxylic acids is 1. The second kappa shape index (κ2) is 8.00. The average molecular weight is 325 g/mol. The zero-order valence-corrected chi connectivity index (χ0v) is 15.3. The van der Waals surface area contributed by atoms with Crippen LogP contribution in [0.15, 0.2) is 30.3 Å². The number of hydrogen-bond acceptors (Lipinski definition) is 2. The van der Waals surface area contributed by atoms with Gasteiger partial charge in [-0.05, 0) is 68.9 Å². The van der Waals surface area contributed by atoms with Gasteiger partial charge < -0.3 is 10.1 Å². The van der Waals surface area contributed by atoms with Gasteiger partial charge in [0.05, 0.1) is 7.11 Å². The lowest BCUT2D eigenvalue weighted by Crippen LogP contribution is -2.13. The number of ether oxygens (including phenoxy) is 1. The molecule has 0 aliphatic rings. The molecule has 1 N–H and O–H groups in total. The van der Waals surface area contributed by atoms with Gasteiger partial charge in [0.1, 0.15) is 5.75 Å². The van der Waals surface area contributed by atoms with Crippen LogP contribution in [0.5, 0.6) is 5.75 Å². The Bertz CT molecular complexity index is 712. The normalized spacial score (nSPS) is 10.5. The highest BCUT2D eigenvalue weighted by molar-refractivity contribution is 5.92. The molecular formula is C21H27NO2. The number of hydrogen-bond donors (Lipinski definition) is 1. The molecule has 0 aliphatic carbocycles. The number of benzene rings is 2. The predicted octanol–water partition coefficient (Wildman–Crippen LogP) is 4.89. The number of methoxy groups -OCH3 is 1. The van der Waals surface area contributed by atoms with Gasteiger partial charge >= 0.3 is 0 Å². The first kappa shape index (κ1) is 18.1. The van der Waals surface area contributed by atoms with Gasteiger partial charge in [-0.3, -0.25) is 4.79 Å². The summed E-state index contributed by atoms with van der Waals surface area (Å²) < 4.78 is 5.28. The van der Waals surface area contributed by atoms with E-state index in [1.54, 1.807) is 7.11 Å². The van der Waals surface area contributed by atoms with Crippen molar-refractivity contribution < 1.29 is 9.53 Å². The Hall–Kier alpha value is -2.29. The number of aryl methyl sites for hydroxylation is 5. The van der Waals surface area contributed by atoms with E-state index in [-0.39, 0.29) is 5.91 Å². The van der Waals surface area contributed by atoms with E-state index < -0.39 is 0 Å². The van der Waals surface area contributed by atoms with Crippen LogP contribution in [0, 0.1) is 27.7 Å². The van der Waals surface area contributed by atoms with Gasteiger partial charge in [0.25, 0.3) is 0 Å². The Labute approximate surface area is 145 Å². The third kappa shape index (κ3) is 4.60. The van der Waals surface area contributed by atoms with E-state index in [4.69, 9.17) is 4.74 Å². The Morgan fingerprint density at radius 1 is 1.00 bits per heavy atom. The van der Waals surface area contributed by atoms with Crippen LogP contribution in [0.1, 0.15) is 40.7 Å². The summed E-state index contributed by atoms with van der Waals surface area (Å²) in [4.78, 5) is 12.2. The first-order chi connectivity index (χ1) is 11.4. The van der Waals surface area contributed by atoms with Gasteiger partial charge in [-0.25, -0.2) is 0 Å². The fraction of sp³-hybridized carbons (Fsp3) is 0.381. The highest BCUT2D eigenvalue weighted by atomic mass is 16.5. The van der Waals surface area contributed by atoms with Crippen LogP contribution in [0.4, 0.5) is 5.69 Å². The van der Waals surface area contributed by atoms with Gasteiger partial charge in [-0.1, -0.05) is 29.8 Å². The van der Waals surface area contributed by atoms with Gasteiger partial charge in [-0.15, -0.1) is 0 Å². The van der Waals surface area contributed by atoms with Crippen molar-refractivity contribution in [2.24, 2.45) is 0 Å². The monoisotopic (exact) mass is 325 g/mol. The van der Waals surface area contributed by atoms with E-state index in [1.165, 1.54) is 11.1 Å². The molecule has 0 aromatic heterocycles. The second-order valence-corrected chi connectivity index (χ2v) is 6.48. The van der Waals surface area contributed by atoms with Gasteiger partial charge in [0, 0.05) is 12.1 Å². The number of nitrogens with one attached hydrogen (secondary N) is 1. The summed E-state index contributed by atoms with van der Waals surface area (Å²) in [6.07, 6.45) is 2.25. The lowest BCUT2D eigenvalue weighted by atomic mass is 10.0. The topological polar surface area (TPSA) is 38.3 Å². The summed E-state index contributed by atoms with van der Waals surface area (Å²) in [6, 6.07) is 10.4. The zero-order valence-electron chi connectivity index (χ0n) is 15.3. The van der Waals surface area contributed by atoms with E-state index in [0.29, 0.717) is 6.42 Å². The second-order valence-electron chi connectivity index (χ2n) is 6.48. The Kier molecular flexibility index (Phi) is 6.02. The minimum atomic E-state index is 0.0790. The number of anilines is 1. The van der Waals surface area contributed by atoms with Crippen molar-refractivity contribution in [2.45, 2.75) is 47.0 Å². The molecule has 2 aromatic carbocycles. The van der Waals surface area contributed by atoms with E-state index in [1.807, 2.05) is 26.8 Å². The van der Waals surface area contributed by atoms with Crippen LogP contribution < -0.4 is 10.1 Å². The van der Waals surface area contributed by atoms with Crippen LogP contribution in [-0.4, -0.2) is 13.0 Å². The molecular weight excluding hydrogens is 298 g/mol. The molecule has 1 amide bonds. The Balaban J connectivity index is 1.89. The first-order valence-electron chi connectivity index (χ1n) is 8.42. The van der Waals surface area contributed by atoms with E-state index in [2.05, 4.69) is 36.5 Å². The summed E-state index contributed by atoms with van der Waals surface area (Å²) in [7, 11) is 1.68. The minimum Gasteiger partial charge on any atom is -0.496 e. The highest BCUT2D eigenvalue weighted by Gasteiger charge is 2.08. The van der Waals surface area contributed by atoms with Gasteiger partial charge in [0.15, 0.2) is 0 Å². The van der Waals surface area contributed by atoms with Crippen molar-refractivity contribution >= 4 is 11.6 Å². The summed E-state index contributed by atoms with van der Waals surface area (Å²) in [6.45, 7) is 8.19. The van der Waals surface area contributed by atoms with Crippen LogP contribution in [0.25, 0.3) is 0 Å². The van der Waals surface area contributed by atoms with Crippen molar-refractivity contribution in [3.05, 3.63) is 58.1 Å². The maximum Gasteiger partial charge on any atom is 0.224 e. The molecule has 2 aromatic rings. The van der Waals surface area contributed by atoms with Gasteiger partial charge in [-0.2, -0.15) is 0 Å². The molecule has 0 fully saturated rings. The summed E-state index contributed by atoms with van der Waals surface area (Å²) in [5.41, 5.74) is 6.77. The molecule has 0 saturated heterocycles. The molecule has 0 bridgehead atoms. The van der Waals surface area contributed by atoms with Crippen molar-refractivity contribution in [1.29, 1.82) is 0 Å². The molecule has 24 heavy (non-hydrogen) atoms. The zero-order chi connectivity index (χ0) is 17.7. The molecule has 0 atom stereocenters. The molecule has 3 heteroatoms. The number of carbonyl (C=O) groups is 1. The third-order valence-corrected chi connectivity index (χ3v) is 4.27. The molecule has 0 aliphatic heterocycles.